The summed E-state index contributed by atoms with van der Waals surface area (Å²) >= 11 is 0. The maximum Gasteiger partial charge on any atom is 0.387 e. The van der Waals surface area contributed by atoms with Crippen LogP contribution in [0.5, 0.6) is 5.75 Å². The third-order valence-corrected chi connectivity index (χ3v) is 4.68. The fourth-order valence-electron chi connectivity index (χ4n) is 1.83. The lowest BCUT2D eigenvalue weighted by Crippen LogP contribution is -2.46. The van der Waals surface area contributed by atoms with E-state index in [9.17, 15) is 17.2 Å². The first-order valence-electron chi connectivity index (χ1n) is 5.76. The molecule has 1 aliphatic heterocycles. The van der Waals surface area contributed by atoms with Crippen LogP contribution in [0.2, 0.25) is 0 Å². The van der Waals surface area contributed by atoms with E-state index in [1.807, 2.05) is 0 Å². The molecule has 0 unspecified atom stereocenters. The molecule has 0 amide bonds. The van der Waals surface area contributed by atoms with E-state index in [1.54, 1.807) is 0 Å². The highest BCUT2D eigenvalue weighted by atomic mass is 35.5. The fourth-order valence-corrected chi connectivity index (χ4v) is 3.27. The summed E-state index contributed by atoms with van der Waals surface area (Å²) in [7, 11) is -3.56. The molecule has 1 aliphatic rings. The van der Waals surface area contributed by atoms with Crippen molar-refractivity contribution in [2.45, 2.75) is 11.5 Å². The Bertz CT molecular complexity index is 519. The Morgan fingerprint density at radius 3 is 2.20 bits per heavy atom. The molecule has 0 aliphatic carbocycles. The normalized spacial score (nSPS) is 16.8. The first-order valence-corrected chi connectivity index (χ1v) is 7.20. The molecule has 0 spiro atoms. The predicted molar refractivity (Wildman–Crippen MR) is 72.0 cm³/mol. The molecular weight excluding hydrogens is 314 g/mol. The summed E-state index contributed by atoms with van der Waals surface area (Å²) in [5, 5.41) is 3.06. The number of nitrogens with zero attached hydrogens (tertiary/aromatic N) is 1. The van der Waals surface area contributed by atoms with Crippen LogP contribution in [-0.2, 0) is 10.0 Å². The van der Waals surface area contributed by atoms with Gasteiger partial charge in [-0.15, -0.1) is 12.4 Å². The Morgan fingerprint density at radius 2 is 1.70 bits per heavy atom. The van der Waals surface area contributed by atoms with E-state index in [-0.39, 0.29) is 23.1 Å². The lowest BCUT2D eigenvalue weighted by molar-refractivity contribution is -0.0498. The average Bonchev–Trinajstić information content (AvgIpc) is 2.40. The van der Waals surface area contributed by atoms with Crippen LogP contribution < -0.4 is 10.1 Å². The summed E-state index contributed by atoms with van der Waals surface area (Å²) in [4.78, 5) is 0.0796. The first kappa shape index (κ1) is 17.1. The second-order valence-electron chi connectivity index (χ2n) is 4.00. The van der Waals surface area contributed by atoms with Gasteiger partial charge < -0.3 is 10.1 Å². The number of hydrogen-bond donors (Lipinski definition) is 1. The lowest BCUT2D eigenvalue weighted by atomic mass is 10.3. The Balaban J connectivity index is 0.00000200. The van der Waals surface area contributed by atoms with Gasteiger partial charge >= 0.3 is 6.61 Å². The van der Waals surface area contributed by atoms with Crippen LogP contribution in [0.4, 0.5) is 8.78 Å². The minimum absolute atomic E-state index is 0. The molecule has 1 aromatic rings. The predicted octanol–water partition coefficient (Wildman–Crippen LogP) is 1.30. The van der Waals surface area contributed by atoms with Gasteiger partial charge in [0.25, 0.3) is 0 Å². The Kier molecular flexibility index (Phi) is 6.12. The lowest BCUT2D eigenvalue weighted by Gasteiger charge is -2.26. The topological polar surface area (TPSA) is 58.6 Å². The van der Waals surface area contributed by atoms with Crippen LogP contribution in [0.15, 0.2) is 29.2 Å². The van der Waals surface area contributed by atoms with Crippen molar-refractivity contribution in [3.05, 3.63) is 24.3 Å². The number of ether oxygens (including phenoxy) is 1. The van der Waals surface area contributed by atoms with Gasteiger partial charge in [0.15, 0.2) is 0 Å². The smallest absolute Gasteiger partial charge is 0.387 e. The molecule has 0 bridgehead atoms. The molecule has 1 saturated heterocycles. The summed E-state index contributed by atoms with van der Waals surface area (Å²) < 4.78 is 54.0. The van der Waals surface area contributed by atoms with E-state index in [0.29, 0.717) is 26.2 Å². The van der Waals surface area contributed by atoms with Gasteiger partial charge in [0.05, 0.1) is 4.90 Å². The summed E-state index contributed by atoms with van der Waals surface area (Å²) in [6.45, 7) is -0.914. The molecule has 1 aromatic carbocycles. The molecule has 2 rings (SSSR count). The van der Waals surface area contributed by atoms with Crippen molar-refractivity contribution >= 4 is 22.4 Å². The minimum Gasteiger partial charge on any atom is -0.435 e. The molecule has 0 aromatic heterocycles. The quantitative estimate of drug-likeness (QED) is 0.905. The van der Waals surface area contributed by atoms with Crippen molar-refractivity contribution in [1.82, 2.24) is 9.62 Å². The maximum atomic E-state index is 12.2. The molecule has 0 radical (unpaired) electrons. The van der Waals surface area contributed by atoms with E-state index in [4.69, 9.17) is 0 Å². The number of rotatable bonds is 4. The van der Waals surface area contributed by atoms with Gasteiger partial charge in [-0.3, -0.25) is 0 Å². The van der Waals surface area contributed by atoms with Crippen LogP contribution in [0.25, 0.3) is 0 Å². The molecule has 5 nitrogen and oxygen atoms in total. The van der Waals surface area contributed by atoms with Crippen LogP contribution in [0.3, 0.4) is 0 Å². The number of halogens is 3. The zero-order valence-corrected chi connectivity index (χ0v) is 12.1. The molecule has 114 valence electrons. The second kappa shape index (κ2) is 7.16. The van der Waals surface area contributed by atoms with Crippen LogP contribution in [0.1, 0.15) is 0 Å². The number of sulfonamides is 1. The third-order valence-electron chi connectivity index (χ3n) is 2.76. The van der Waals surface area contributed by atoms with Gasteiger partial charge in [0.2, 0.25) is 10.0 Å². The molecule has 1 N–H and O–H groups in total. The van der Waals surface area contributed by atoms with Crippen molar-refractivity contribution in [2.24, 2.45) is 0 Å². The Hall–Kier alpha value is -0.960. The highest BCUT2D eigenvalue weighted by molar-refractivity contribution is 7.89. The second-order valence-corrected chi connectivity index (χ2v) is 5.94. The zero-order valence-electron chi connectivity index (χ0n) is 10.5. The SMILES string of the molecule is Cl.O=S(=O)(c1ccc(OC(F)F)cc1)N1CCNCC1. The van der Waals surface area contributed by atoms with Crippen molar-refractivity contribution in [3.8, 4) is 5.75 Å². The fraction of sp³-hybridized carbons (Fsp3) is 0.455. The van der Waals surface area contributed by atoms with Gasteiger partial charge in [0, 0.05) is 26.2 Å². The van der Waals surface area contributed by atoms with E-state index in [2.05, 4.69) is 10.1 Å². The average molecular weight is 329 g/mol. The summed E-state index contributed by atoms with van der Waals surface area (Å²) in [6, 6.07) is 4.99. The highest BCUT2D eigenvalue weighted by Gasteiger charge is 2.25. The monoisotopic (exact) mass is 328 g/mol. The number of nitrogens with one attached hydrogen (secondary N) is 1. The van der Waals surface area contributed by atoms with Crippen molar-refractivity contribution in [2.75, 3.05) is 26.2 Å². The Labute approximate surface area is 122 Å². The number of piperazine rings is 1. The zero-order chi connectivity index (χ0) is 13.9. The first-order chi connectivity index (χ1) is 9.00. The van der Waals surface area contributed by atoms with E-state index < -0.39 is 16.6 Å². The van der Waals surface area contributed by atoms with Gasteiger partial charge in [-0.05, 0) is 24.3 Å². The molecule has 0 atom stereocenters. The van der Waals surface area contributed by atoms with Crippen molar-refractivity contribution in [3.63, 3.8) is 0 Å². The van der Waals surface area contributed by atoms with Crippen LogP contribution in [0, 0.1) is 0 Å². The summed E-state index contributed by atoms with van der Waals surface area (Å²) in [5.41, 5.74) is 0. The maximum absolute atomic E-state index is 12.2. The van der Waals surface area contributed by atoms with Crippen molar-refractivity contribution in [1.29, 1.82) is 0 Å². The van der Waals surface area contributed by atoms with Crippen LogP contribution in [-0.4, -0.2) is 45.5 Å². The number of alkyl halides is 2. The van der Waals surface area contributed by atoms with Crippen molar-refractivity contribution < 1.29 is 21.9 Å². The van der Waals surface area contributed by atoms with Gasteiger partial charge in [0.1, 0.15) is 5.75 Å². The molecule has 9 heteroatoms. The molecule has 0 saturated carbocycles. The summed E-state index contributed by atoms with van der Waals surface area (Å²) in [5.74, 6) is -0.0609. The molecule has 20 heavy (non-hydrogen) atoms. The molecule has 1 fully saturated rings. The standard InChI is InChI=1S/C11H14F2N2O3S.ClH/c12-11(13)18-9-1-3-10(4-2-9)19(16,17)15-7-5-14-6-8-15;/h1-4,11,14H,5-8H2;1H. The Morgan fingerprint density at radius 1 is 1.15 bits per heavy atom. The van der Waals surface area contributed by atoms with Gasteiger partial charge in [-0.2, -0.15) is 13.1 Å². The third kappa shape index (κ3) is 4.02. The molecule has 1 heterocycles. The summed E-state index contributed by atoms with van der Waals surface area (Å²) in [6.07, 6.45) is 0. The van der Waals surface area contributed by atoms with E-state index >= 15 is 0 Å². The number of benzene rings is 1. The van der Waals surface area contributed by atoms with Crippen LogP contribution >= 0.6 is 12.4 Å². The number of hydrogen-bond acceptors (Lipinski definition) is 4. The van der Waals surface area contributed by atoms with Gasteiger partial charge in [-0.1, -0.05) is 0 Å². The van der Waals surface area contributed by atoms with E-state index in [0.717, 1.165) is 0 Å². The highest BCUT2D eigenvalue weighted by Crippen LogP contribution is 2.20. The van der Waals surface area contributed by atoms with E-state index in [1.165, 1.54) is 28.6 Å². The largest absolute Gasteiger partial charge is 0.435 e. The van der Waals surface area contributed by atoms with Gasteiger partial charge in [-0.25, -0.2) is 8.42 Å². The minimum atomic E-state index is -3.56. The molecular formula is C11H15ClF2N2O3S.